The Morgan fingerprint density at radius 3 is 2.32 bits per heavy atom. The molecular weight excluding hydrogens is 242 g/mol. The summed E-state index contributed by atoms with van der Waals surface area (Å²) in [7, 11) is 0. The van der Waals surface area contributed by atoms with E-state index in [1.807, 2.05) is 38.1 Å². The molecule has 1 atom stereocenters. The third kappa shape index (κ3) is 4.56. The third-order valence-corrected chi connectivity index (χ3v) is 3.06. The molecule has 0 aliphatic carbocycles. The fourth-order valence-electron chi connectivity index (χ4n) is 1.91. The lowest BCUT2D eigenvalue weighted by Crippen LogP contribution is -2.40. The van der Waals surface area contributed by atoms with Gasteiger partial charge < -0.3 is 14.7 Å². The van der Waals surface area contributed by atoms with Crippen LogP contribution in [0.15, 0.2) is 24.3 Å². The van der Waals surface area contributed by atoms with Crippen LogP contribution in [0.25, 0.3) is 0 Å². The summed E-state index contributed by atoms with van der Waals surface area (Å²) in [5, 5.41) is 8.84. The van der Waals surface area contributed by atoms with Gasteiger partial charge in [0.25, 0.3) is 5.91 Å². The molecule has 0 aliphatic rings. The number of rotatable bonds is 7. The van der Waals surface area contributed by atoms with Crippen molar-refractivity contribution in [3.8, 4) is 5.75 Å². The second-order valence-electron chi connectivity index (χ2n) is 4.39. The predicted molar refractivity (Wildman–Crippen MR) is 75.2 cm³/mol. The summed E-state index contributed by atoms with van der Waals surface area (Å²) in [4.78, 5) is 13.8. The standard InChI is InChI=1S/C15H23NO3/c1-4-16(5-2)15(18)12(3)19-14-8-6-13(7-9-14)10-11-17/h6-9,12,17H,4-5,10-11H2,1-3H3. The molecule has 0 fully saturated rings. The van der Waals surface area contributed by atoms with E-state index in [-0.39, 0.29) is 12.5 Å². The lowest BCUT2D eigenvalue weighted by Gasteiger charge is -2.23. The van der Waals surface area contributed by atoms with Crippen molar-refractivity contribution in [1.29, 1.82) is 0 Å². The zero-order valence-electron chi connectivity index (χ0n) is 11.9. The summed E-state index contributed by atoms with van der Waals surface area (Å²) in [6, 6.07) is 7.47. The molecule has 1 unspecified atom stereocenters. The number of benzene rings is 1. The largest absolute Gasteiger partial charge is 0.481 e. The van der Waals surface area contributed by atoms with E-state index < -0.39 is 6.10 Å². The van der Waals surface area contributed by atoms with Crippen LogP contribution in [0.3, 0.4) is 0 Å². The summed E-state index contributed by atoms with van der Waals surface area (Å²) < 4.78 is 5.64. The number of carbonyl (C=O) groups is 1. The minimum Gasteiger partial charge on any atom is -0.481 e. The SMILES string of the molecule is CCN(CC)C(=O)C(C)Oc1ccc(CCO)cc1. The van der Waals surface area contributed by atoms with Gasteiger partial charge in [-0.05, 0) is 44.9 Å². The average molecular weight is 265 g/mol. The molecule has 1 rings (SSSR count). The fraction of sp³-hybridized carbons (Fsp3) is 0.533. The summed E-state index contributed by atoms with van der Waals surface area (Å²) >= 11 is 0. The van der Waals surface area contributed by atoms with Gasteiger partial charge in [-0.3, -0.25) is 4.79 Å². The Bertz CT molecular complexity index is 385. The first-order valence-electron chi connectivity index (χ1n) is 6.77. The van der Waals surface area contributed by atoms with Crippen molar-refractivity contribution in [1.82, 2.24) is 4.90 Å². The zero-order chi connectivity index (χ0) is 14.3. The van der Waals surface area contributed by atoms with Crippen molar-refractivity contribution < 1.29 is 14.6 Å². The highest BCUT2D eigenvalue weighted by atomic mass is 16.5. The van der Waals surface area contributed by atoms with Crippen LogP contribution in [0, 0.1) is 0 Å². The molecule has 1 amide bonds. The maximum atomic E-state index is 12.0. The molecular formula is C15H23NO3. The molecule has 1 aromatic carbocycles. The Hall–Kier alpha value is -1.55. The number of nitrogens with zero attached hydrogens (tertiary/aromatic N) is 1. The van der Waals surface area contributed by atoms with Crippen molar-refractivity contribution in [2.45, 2.75) is 33.3 Å². The highest BCUT2D eigenvalue weighted by Gasteiger charge is 2.19. The van der Waals surface area contributed by atoms with E-state index >= 15 is 0 Å². The first kappa shape index (κ1) is 15.5. The van der Waals surface area contributed by atoms with Crippen LogP contribution in [0.2, 0.25) is 0 Å². The van der Waals surface area contributed by atoms with Gasteiger partial charge in [-0.15, -0.1) is 0 Å². The van der Waals surface area contributed by atoms with Gasteiger partial charge in [0.2, 0.25) is 0 Å². The Balaban J connectivity index is 2.60. The van der Waals surface area contributed by atoms with Crippen molar-refractivity contribution in [2.24, 2.45) is 0 Å². The Morgan fingerprint density at radius 2 is 1.84 bits per heavy atom. The number of hydrogen-bond donors (Lipinski definition) is 1. The number of hydrogen-bond acceptors (Lipinski definition) is 3. The van der Waals surface area contributed by atoms with Crippen LogP contribution in [0.1, 0.15) is 26.3 Å². The van der Waals surface area contributed by atoms with Crippen LogP contribution >= 0.6 is 0 Å². The van der Waals surface area contributed by atoms with Gasteiger partial charge in [0.05, 0.1) is 0 Å². The molecule has 0 saturated heterocycles. The van der Waals surface area contributed by atoms with Crippen molar-refractivity contribution in [2.75, 3.05) is 19.7 Å². The molecule has 4 nitrogen and oxygen atoms in total. The second kappa shape index (κ2) is 7.79. The van der Waals surface area contributed by atoms with E-state index in [0.29, 0.717) is 25.3 Å². The Morgan fingerprint density at radius 1 is 1.26 bits per heavy atom. The quantitative estimate of drug-likeness (QED) is 0.818. The highest BCUT2D eigenvalue weighted by molar-refractivity contribution is 5.80. The lowest BCUT2D eigenvalue weighted by atomic mass is 10.1. The number of amides is 1. The predicted octanol–water partition coefficient (Wildman–Crippen LogP) is 1.86. The summed E-state index contributed by atoms with van der Waals surface area (Å²) in [5.74, 6) is 0.680. The molecule has 0 aliphatic heterocycles. The molecule has 0 saturated carbocycles. The average Bonchev–Trinajstić information content (AvgIpc) is 2.42. The van der Waals surface area contributed by atoms with Crippen molar-refractivity contribution >= 4 is 5.91 Å². The van der Waals surface area contributed by atoms with E-state index in [1.54, 1.807) is 11.8 Å². The van der Waals surface area contributed by atoms with Crippen LogP contribution in [0.5, 0.6) is 5.75 Å². The van der Waals surface area contributed by atoms with Gasteiger partial charge in [-0.2, -0.15) is 0 Å². The number of ether oxygens (including phenoxy) is 1. The van der Waals surface area contributed by atoms with Crippen LogP contribution < -0.4 is 4.74 Å². The van der Waals surface area contributed by atoms with Gasteiger partial charge in [0, 0.05) is 19.7 Å². The van der Waals surface area contributed by atoms with Gasteiger partial charge >= 0.3 is 0 Å². The lowest BCUT2D eigenvalue weighted by molar-refractivity contribution is -0.137. The second-order valence-corrected chi connectivity index (χ2v) is 4.39. The van der Waals surface area contributed by atoms with E-state index in [4.69, 9.17) is 9.84 Å². The molecule has 0 heterocycles. The molecule has 0 radical (unpaired) electrons. The van der Waals surface area contributed by atoms with Crippen LogP contribution in [0.4, 0.5) is 0 Å². The minimum absolute atomic E-state index is 0.00411. The molecule has 106 valence electrons. The molecule has 19 heavy (non-hydrogen) atoms. The van der Waals surface area contributed by atoms with Crippen LogP contribution in [-0.2, 0) is 11.2 Å². The molecule has 1 aromatic rings. The number of aliphatic hydroxyl groups is 1. The summed E-state index contributed by atoms with van der Waals surface area (Å²) in [6.07, 6.45) is 0.150. The first-order valence-corrected chi connectivity index (χ1v) is 6.77. The van der Waals surface area contributed by atoms with Crippen molar-refractivity contribution in [3.63, 3.8) is 0 Å². The van der Waals surface area contributed by atoms with Gasteiger partial charge in [-0.1, -0.05) is 12.1 Å². The summed E-state index contributed by atoms with van der Waals surface area (Å²) in [6.45, 7) is 7.20. The molecule has 1 N–H and O–H groups in total. The maximum Gasteiger partial charge on any atom is 0.263 e. The molecule has 0 bridgehead atoms. The molecule has 0 spiro atoms. The van der Waals surface area contributed by atoms with Gasteiger partial charge in [-0.25, -0.2) is 0 Å². The smallest absolute Gasteiger partial charge is 0.263 e. The highest BCUT2D eigenvalue weighted by Crippen LogP contribution is 2.15. The summed E-state index contributed by atoms with van der Waals surface area (Å²) in [5.41, 5.74) is 1.05. The van der Waals surface area contributed by atoms with Gasteiger partial charge in [0.1, 0.15) is 5.75 Å². The zero-order valence-corrected chi connectivity index (χ0v) is 11.9. The Kier molecular flexibility index (Phi) is 6.36. The molecule has 4 heteroatoms. The van der Waals surface area contributed by atoms with E-state index in [2.05, 4.69) is 0 Å². The maximum absolute atomic E-state index is 12.0. The van der Waals surface area contributed by atoms with Crippen molar-refractivity contribution in [3.05, 3.63) is 29.8 Å². The van der Waals surface area contributed by atoms with Crippen LogP contribution in [-0.4, -0.2) is 41.7 Å². The van der Waals surface area contributed by atoms with E-state index in [1.165, 1.54) is 0 Å². The van der Waals surface area contributed by atoms with E-state index in [0.717, 1.165) is 5.56 Å². The fourth-order valence-corrected chi connectivity index (χ4v) is 1.91. The van der Waals surface area contributed by atoms with E-state index in [9.17, 15) is 4.79 Å². The third-order valence-electron chi connectivity index (χ3n) is 3.06. The number of carbonyl (C=O) groups excluding carboxylic acids is 1. The first-order chi connectivity index (χ1) is 9.12. The minimum atomic E-state index is -0.483. The molecule has 0 aromatic heterocycles. The number of likely N-dealkylation sites (N-methyl/N-ethyl adjacent to an activating group) is 1. The number of aliphatic hydroxyl groups excluding tert-OH is 1. The normalized spacial score (nSPS) is 12.0. The Labute approximate surface area is 115 Å². The topological polar surface area (TPSA) is 49.8 Å². The van der Waals surface area contributed by atoms with Gasteiger partial charge in [0.15, 0.2) is 6.10 Å². The monoisotopic (exact) mass is 265 g/mol.